The highest BCUT2D eigenvalue weighted by Crippen LogP contribution is 2.21. The first-order chi connectivity index (χ1) is 14.5. The van der Waals surface area contributed by atoms with Crippen molar-refractivity contribution in [3.8, 4) is 5.75 Å². The van der Waals surface area contributed by atoms with Crippen molar-refractivity contribution in [2.24, 2.45) is 0 Å². The smallest absolute Gasteiger partial charge is 0.305 e. The molecule has 0 fully saturated rings. The van der Waals surface area contributed by atoms with E-state index in [0.717, 1.165) is 6.07 Å². The number of hydrogen-bond donors (Lipinski definition) is 3. The van der Waals surface area contributed by atoms with Crippen molar-refractivity contribution in [2.45, 2.75) is 6.61 Å². The summed E-state index contributed by atoms with van der Waals surface area (Å²) >= 11 is 0. The molecule has 3 N–H and O–H groups in total. The number of amides is 2. The normalized spacial score (nSPS) is 10.2. The molecule has 0 aliphatic heterocycles. The van der Waals surface area contributed by atoms with Crippen LogP contribution in [0.4, 0.5) is 11.4 Å². The van der Waals surface area contributed by atoms with Gasteiger partial charge in [-0.2, -0.15) is 0 Å². The summed E-state index contributed by atoms with van der Waals surface area (Å²) in [6.07, 6.45) is 0. The number of ether oxygens (including phenoxy) is 1. The van der Waals surface area contributed by atoms with Crippen molar-refractivity contribution in [2.75, 3.05) is 12.4 Å². The maximum Gasteiger partial charge on any atom is 0.305 e. The van der Waals surface area contributed by atoms with Crippen molar-refractivity contribution >= 4 is 23.2 Å². The van der Waals surface area contributed by atoms with Crippen LogP contribution < -0.4 is 20.9 Å². The Labute approximate surface area is 171 Å². The lowest BCUT2D eigenvalue weighted by Crippen LogP contribution is -2.41. The number of anilines is 1. The van der Waals surface area contributed by atoms with Gasteiger partial charge in [-0.3, -0.25) is 30.6 Å². The topological polar surface area (TPSA) is 136 Å². The SMILES string of the molecule is CNc1ccc([N+](=O)[O-])cc1C(=O)NNC(=O)c1ccc(COc2ccccc2)o1. The van der Waals surface area contributed by atoms with Crippen LogP contribution >= 0.6 is 0 Å². The number of rotatable bonds is 7. The lowest BCUT2D eigenvalue weighted by molar-refractivity contribution is -0.384. The van der Waals surface area contributed by atoms with E-state index in [1.54, 1.807) is 25.2 Å². The van der Waals surface area contributed by atoms with E-state index in [2.05, 4.69) is 16.2 Å². The van der Waals surface area contributed by atoms with Crippen LogP contribution in [0.1, 0.15) is 26.7 Å². The van der Waals surface area contributed by atoms with Crippen LogP contribution in [0.5, 0.6) is 5.75 Å². The first-order valence-corrected chi connectivity index (χ1v) is 8.81. The van der Waals surface area contributed by atoms with E-state index in [1.165, 1.54) is 18.2 Å². The van der Waals surface area contributed by atoms with Gasteiger partial charge in [-0.15, -0.1) is 0 Å². The second-order valence-corrected chi connectivity index (χ2v) is 6.01. The number of non-ortho nitro benzene ring substituents is 1. The molecule has 1 aromatic heterocycles. The predicted octanol–water partition coefficient (Wildman–Crippen LogP) is 2.88. The van der Waals surface area contributed by atoms with Crippen LogP contribution in [0.15, 0.2) is 65.1 Å². The molecule has 30 heavy (non-hydrogen) atoms. The number of para-hydroxylation sites is 1. The van der Waals surface area contributed by atoms with E-state index in [9.17, 15) is 19.7 Å². The minimum Gasteiger partial charge on any atom is -0.486 e. The molecule has 2 amide bonds. The third kappa shape index (κ3) is 4.93. The minimum absolute atomic E-state index is 0.00314. The van der Waals surface area contributed by atoms with Gasteiger partial charge in [-0.25, -0.2) is 0 Å². The molecule has 154 valence electrons. The number of nitro groups is 1. The molecule has 0 saturated carbocycles. The summed E-state index contributed by atoms with van der Waals surface area (Å²) in [4.78, 5) is 34.9. The highest BCUT2D eigenvalue weighted by atomic mass is 16.6. The minimum atomic E-state index is -0.726. The van der Waals surface area contributed by atoms with Crippen molar-refractivity contribution in [1.82, 2.24) is 10.9 Å². The zero-order chi connectivity index (χ0) is 21.5. The van der Waals surface area contributed by atoms with Crippen LogP contribution in [0, 0.1) is 10.1 Å². The molecular weight excluding hydrogens is 392 g/mol. The average Bonchev–Trinajstić information content (AvgIpc) is 3.25. The Balaban J connectivity index is 1.59. The van der Waals surface area contributed by atoms with Gasteiger partial charge in [0.05, 0.1) is 10.5 Å². The molecule has 0 atom stereocenters. The van der Waals surface area contributed by atoms with Crippen molar-refractivity contribution in [3.05, 3.63) is 87.9 Å². The molecule has 0 radical (unpaired) electrons. The molecule has 0 spiro atoms. The van der Waals surface area contributed by atoms with Crippen LogP contribution in [-0.2, 0) is 6.61 Å². The van der Waals surface area contributed by atoms with Gasteiger partial charge in [0.15, 0.2) is 5.76 Å². The number of benzene rings is 2. The molecule has 3 aromatic rings. The molecule has 0 saturated heterocycles. The predicted molar refractivity (Wildman–Crippen MR) is 107 cm³/mol. The van der Waals surface area contributed by atoms with E-state index in [4.69, 9.17) is 9.15 Å². The molecule has 0 aliphatic rings. The fourth-order valence-corrected chi connectivity index (χ4v) is 2.54. The van der Waals surface area contributed by atoms with E-state index in [-0.39, 0.29) is 23.6 Å². The van der Waals surface area contributed by atoms with Gasteiger partial charge in [0, 0.05) is 24.9 Å². The van der Waals surface area contributed by atoms with Crippen LogP contribution in [0.3, 0.4) is 0 Å². The summed E-state index contributed by atoms with van der Waals surface area (Å²) in [6.45, 7) is 0.128. The summed E-state index contributed by atoms with van der Waals surface area (Å²) < 4.78 is 11.0. The quantitative estimate of drug-likeness (QED) is 0.402. The molecule has 10 heteroatoms. The van der Waals surface area contributed by atoms with E-state index in [1.807, 2.05) is 18.2 Å². The summed E-state index contributed by atoms with van der Waals surface area (Å²) in [5.74, 6) is -0.368. The van der Waals surface area contributed by atoms with Crippen LogP contribution in [0.2, 0.25) is 0 Å². The van der Waals surface area contributed by atoms with Gasteiger partial charge in [0.2, 0.25) is 0 Å². The van der Waals surface area contributed by atoms with Gasteiger partial charge in [0.1, 0.15) is 18.1 Å². The average molecular weight is 410 g/mol. The molecule has 3 rings (SSSR count). The monoisotopic (exact) mass is 410 g/mol. The molecule has 0 unspecified atom stereocenters. The standard InChI is InChI=1S/C20H18N4O6/c1-21-17-9-7-13(24(27)28)11-16(17)19(25)22-23-20(26)18-10-8-15(30-18)12-29-14-5-3-2-4-6-14/h2-11,21H,12H2,1H3,(H,22,25)(H,23,26). The van der Waals surface area contributed by atoms with Crippen molar-refractivity contribution < 1.29 is 23.7 Å². The Kier molecular flexibility index (Phi) is 6.28. The first-order valence-electron chi connectivity index (χ1n) is 8.81. The number of carbonyl (C=O) groups is 2. The molecule has 2 aromatic carbocycles. The summed E-state index contributed by atoms with van der Waals surface area (Å²) in [5.41, 5.74) is 4.55. The van der Waals surface area contributed by atoms with Gasteiger partial charge >= 0.3 is 5.91 Å². The number of hydrogen-bond acceptors (Lipinski definition) is 7. The van der Waals surface area contributed by atoms with Crippen molar-refractivity contribution in [1.29, 1.82) is 0 Å². The van der Waals surface area contributed by atoms with E-state index >= 15 is 0 Å². The summed E-state index contributed by atoms with van der Waals surface area (Å²) in [6, 6.07) is 15.9. The second-order valence-electron chi connectivity index (χ2n) is 6.01. The molecular formula is C20H18N4O6. The zero-order valence-electron chi connectivity index (χ0n) is 15.9. The largest absolute Gasteiger partial charge is 0.486 e. The Morgan fingerprint density at radius 2 is 1.77 bits per heavy atom. The van der Waals surface area contributed by atoms with Gasteiger partial charge < -0.3 is 14.5 Å². The maximum absolute atomic E-state index is 12.4. The number of furan rings is 1. The summed E-state index contributed by atoms with van der Waals surface area (Å²) in [7, 11) is 1.57. The fourth-order valence-electron chi connectivity index (χ4n) is 2.54. The molecule has 10 nitrogen and oxygen atoms in total. The fraction of sp³-hybridized carbons (Fsp3) is 0.100. The third-order valence-corrected chi connectivity index (χ3v) is 4.03. The Bertz CT molecular complexity index is 1060. The Morgan fingerprint density at radius 3 is 2.47 bits per heavy atom. The lowest BCUT2D eigenvalue weighted by Gasteiger charge is -2.10. The highest BCUT2D eigenvalue weighted by molar-refractivity contribution is 6.02. The van der Waals surface area contributed by atoms with E-state index in [0.29, 0.717) is 17.2 Å². The van der Waals surface area contributed by atoms with Crippen LogP contribution in [-0.4, -0.2) is 23.8 Å². The van der Waals surface area contributed by atoms with Gasteiger partial charge in [0.25, 0.3) is 11.6 Å². The Morgan fingerprint density at radius 1 is 1.03 bits per heavy atom. The molecule has 1 heterocycles. The maximum atomic E-state index is 12.4. The van der Waals surface area contributed by atoms with E-state index < -0.39 is 16.7 Å². The molecule has 0 aliphatic carbocycles. The number of nitrogens with zero attached hydrogens (tertiary/aromatic N) is 1. The lowest BCUT2D eigenvalue weighted by atomic mass is 10.1. The molecule has 0 bridgehead atoms. The first kappa shape index (κ1) is 20.4. The summed E-state index contributed by atoms with van der Waals surface area (Å²) in [5, 5.41) is 13.7. The Hall–Kier alpha value is -4.34. The number of nitro benzene ring substituents is 1. The highest BCUT2D eigenvalue weighted by Gasteiger charge is 2.18. The third-order valence-electron chi connectivity index (χ3n) is 4.03. The number of carbonyl (C=O) groups excluding carboxylic acids is 2. The number of nitrogens with one attached hydrogen (secondary N) is 3. The number of hydrazine groups is 1. The zero-order valence-corrected chi connectivity index (χ0v) is 15.9. The van der Waals surface area contributed by atoms with Gasteiger partial charge in [-0.05, 0) is 30.3 Å². The second kappa shape index (κ2) is 9.24. The van der Waals surface area contributed by atoms with Gasteiger partial charge in [-0.1, -0.05) is 18.2 Å². The van der Waals surface area contributed by atoms with Crippen LogP contribution in [0.25, 0.3) is 0 Å². The van der Waals surface area contributed by atoms with Crippen molar-refractivity contribution in [3.63, 3.8) is 0 Å².